The monoisotopic (exact) mass is 368 g/mol. The van der Waals surface area contributed by atoms with Gasteiger partial charge in [-0.2, -0.15) is 4.98 Å². The summed E-state index contributed by atoms with van der Waals surface area (Å²) in [6.07, 6.45) is 2.43. The molecule has 1 aliphatic heterocycles. The van der Waals surface area contributed by atoms with E-state index >= 15 is 0 Å². The van der Waals surface area contributed by atoms with E-state index in [0.29, 0.717) is 34.2 Å². The number of halogens is 1. The molecule has 3 rings (SSSR count). The third-order valence-corrected chi connectivity index (χ3v) is 5.60. The maximum atomic E-state index is 12.4. The van der Waals surface area contributed by atoms with E-state index in [1.165, 1.54) is 11.3 Å². The van der Waals surface area contributed by atoms with Gasteiger partial charge in [0.1, 0.15) is 0 Å². The van der Waals surface area contributed by atoms with Gasteiger partial charge >= 0.3 is 0 Å². The summed E-state index contributed by atoms with van der Waals surface area (Å²) in [5.74, 6) is 1.71. The van der Waals surface area contributed by atoms with E-state index < -0.39 is 0 Å². The highest BCUT2D eigenvalue weighted by molar-refractivity contribution is 7.17. The van der Waals surface area contributed by atoms with Crippen molar-refractivity contribution in [3.63, 3.8) is 0 Å². The van der Waals surface area contributed by atoms with Crippen molar-refractivity contribution in [2.75, 3.05) is 20.1 Å². The summed E-state index contributed by atoms with van der Waals surface area (Å²) < 4.78 is 6.07. The Labute approximate surface area is 150 Å². The van der Waals surface area contributed by atoms with Crippen LogP contribution in [0.5, 0.6) is 0 Å². The average Bonchev–Trinajstić information content (AvgIpc) is 3.23. The Kier molecular flexibility index (Phi) is 5.53. The highest BCUT2D eigenvalue weighted by Crippen LogP contribution is 2.29. The predicted molar refractivity (Wildman–Crippen MR) is 93.7 cm³/mol. The van der Waals surface area contributed by atoms with Gasteiger partial charge in [-0.1, -0.05) is 16.8 Å². The predicted octanol–water partition coefficient (Wildman–Crippen LogP) is 2.95. The minimum absolute atomic E-state index is 0.0550. The van der Waals surface area contributed by atoms with Crippen LogP contribution in [0.1, 0.15) is 47.1 Å². The number of nitrogens with one attached hydrogen (secondary N) is 1. The average molecular weight is 369 g/mol. The van der Waals surface area contributed by atoms with Crippen molar-refractivity contribution >= 4 is 28.8 Å². The van der Waals surface area contributed by atoms with Gasteiger partial charge in [0.2, 0.25) is 5.89 Å². The second-order valence-corrected chi connectivity index (χ2v) is 7.83. The number of hydrogen-bond acceptors (Lipinski definition) is 6. The number of nitrogens with zero attached hydrogens (tertiary/aromatic N) is 3. The van der Waals surface area contributed by atoms with Gasteiger partial charge in [0.15, 0.2) is 5.82 Å². The van der Waals surface area contributed by atoms with E-state index in [1.54, 1.807) is 12.1 Å². The van der Waals surface area contributed by atoms with Crippen LogP contribution >= 0.6 is 22.9 Å². The lowest BCUT2D eigenvalue weighted by molar-refractivity contribution is 0.0709. The zero-order chi connectivity index (χ0) is 17.1. The molecule has 2 aromatic rings. The first-order valence-electron chi connectivity index (χ1n) is 8.11. The van der Waals surface area contributed by atoms with Gasteiger partial charge in [0.25, 0.3) is 5.91 Å². The molecule has 0 spiro atoms. The molecule has 24 heavy (non-hydrogen) atoms. The first-order valence-corrected chi connectivity index (χ1v) is 9.30. The molecule has 0 radical (unpaired) electrons. The molecule has 1 amide bonds. The number of piperidine rings is 1. The number of thiophene rings is 1. The molecule has 1 aliphatic rings. The van der Waals surface area contributed by atoms with Gasteiger partial charge in [-0.3, -0.25) is 4.79 Å². The smallest absolute Gasteiger partial charge is 0.263 e. The number of likely N-dealkylation sites (tertiary alicyclic amines) is 1. The summed E-state index contributed by atoms with van der Waals surface area (Å²) in [6, 6.07) is 3.86. The van der Waals surface area contributed by atoms with Gasteiger partial charge in [-0.05, 0) is 38.9 Å². The molecule has 1 atom stereocenters. The molecular formula is C16H21ClN4O2S. The van der Waals surface area contributed by atoms with Crippen molar-refractivity contribution in [1.82, 2.24) is 20.4 Å². The van der Waals surface area contributed by atoms with Crippen LogP contribution in [0.4, 0.5) is 0 Å². The highest BCUT2D eigenvalue weighted by atomic mass is 35.5. The van der Waals surface area contributed by atoms with Crippen LogP contribution in [0.2, 0.25) is 4.34 Å². The largest absolute Gasteiger partial charge is 0.339 e. The molecule has 0 aromatic carbocycles. The lowest BCUT2D eigenvalue weighted by atomic mass is 9.96. The second kappa shape index (κ2) is 7.63. The molecule has 1 N–H and O–H groups in total. The standard InChI is InChI=1S/C16H21ClN4O2S/c1-10(18-2)9-14-19-15(23-20-14)11-5-7-21(8-6-11)16(22)12-3-4-13(17)24-12/h3-4,10-11,18H,5-9H2,1-2H3. The molecule has 8 heteroatoms. The van der Waals surface area contributed by atoms with E-state index in [2.05, 4.69) is 22.4 Å². The van der Waals surface area contributed by atoms with E-state index in [1.807, 2.05) is 11.9 Å². The van der Waals surface area contributed by atoms with Crippen LogP contribution in [0.3, 0.4) is 0 Å². The highest BCUT2D eigenvalue weighted by Gasteiger charge is 2.28. The first-order chi connectivity index (χ1) is 11.6. The van der Waals surface area contributed by atoms with Gasteiger partial charge < -0.3 is 14.7 Å². The molecule has 2 aromatic heterocycles. The minimum atomic E-state index is 0.0550. The lowest BCUT2D eigenvalue weighted by Crippen LogP contribution is -2.37. The van der Waals surface area contributed by atoms with Crippen molar-refractivity contribution in [2.45, 2.75) is 38.1 Å². The molecule has 0 bridgehead atoms. The molecule has 0 aliphatic carbocycles. The third kappa shape index (κ3) is 3.96. The number of likely N-dealkylation sites (N-methyl/N-ethyl adjacent to an activating group) is 1. The van der Waals surface area contributed by atoms with Crippen LogP contribution in [-0.4, -0.2) is 47.1 Å². The van der Waals surface area contributed by atoms with Crippen molar-refractivity contribution in [3.8, 4) is 0 Å². The number of rotatable bonds is 5. The van der Waals surface area contributed by atoms with Crippen LogP contribution in [-0.2, 0) is 6.42 Å². The van der Waals surface area contributed by atoms with E-state index in [4.69, 9.17) is 16.1 Å². The Morgan fingerprint density at radius 2 is 2.25 bits per heavy atom. The van der Waals surface area contributed by atoms with E-state index in [-0.39, 0.29) is 11.8 Å². The zero-order valence-corrected chi connectivity index (χ0v) is 15.4. The number of aromatic nitrogens is 2. The van der Waals surface area contributed by atoms with E-state index in [9.17, 15) is 4.79 Å². The minimum Gasteiger partial charge on any atom is -0.339 e. The second-order valence-electron chi connectivity index (χ2n) is 6.11. The van der Waals surface area contributed by atoms with Gasteiger partial charge in [0.05, 0.1) is 9.21 Å². The summed E-state index contributed by atoms with van der Waals surface area (Å²) in [5.41, 5.74) is 0. The molecule has 1 unspecified atom stereocenters. The van der Waals surface area contributed by atoms with Crippen molar-refractivity contribution in [3.05, 3.63) is 33.1 Å². The van der Waals surface area contributed by atoms with Crippen LogP contribution in [0.15, 0.2) is 16.7 Å². The summed E-state index contributed by atoms with van der Waals surface area (Å²) >= 11 is 7.24. The Hall–Kier alpha value is -1.44. The summed E-state index contributed by atoms with van der Waals surface area (Å²) in [5, 5.41) is 7.23. The number of carbonyl (C=O) groups is 1. The summed E-state index contributed by atoms with van der Waals surface area (Å²) in [7, 11) is 1.92. The molecule has 1 fully saturated rings. The Morgan fingerprint density at radius 1 is 1.50 bits per heavy atom. The molecule has 6 nitrogen and oxygen atoms in total. The fourth-order valence-electron chi connectivity index (χ4n) is 2.81. The quantitative estimate of drug-likeness (QED) is 0.878. The molecule has 3 heterocycles. The summed E-state index contributed by atoms with van der Waals surface area (Å²) in [6.45, 7) is 3.48. The first kappa shape index (κ1) is 17.4. The molecule has 0 saturated carbocycles. The SMILES string of the molecule is CNC(C)Cc1noc(C2CCN(C(=O)c3ccc(Cl)s3)CC2)n1. The molecule has 1 saturated heterocycles. The fraction of sp³-hybridized carbons (Fsp3) is 0.562. The van der Waals surface area contributed by atoms with Gasteiger partial charge in [0, 0.05) is 31.5 Å². The van der Waals surface area contributed by atoms with Crippen LogP contribution in [0, 0.1) is 0 Å². The van der Waals surface area contributed by atoms with E-state index in [0.717, 1.165) is 25.1 Å². The fourth-order valence-corrected chi connectivity index (χ4v) is 3.82. The zero-order valence-electron chi connectivity index (χ0n) is 13.8. The maximum Gasteiger partial charge on any atom is 0.263 e. The Morgan fingerprint density at radius 3 is 2.88 bits per heavy atom. The molecule has 130 valence electrons. The topological polar surface area (TPSA) is 71.3 Å². The maximum absolute atomic E-state index is 12.4. The van der Waals surface area contributed by atoms with Crippen LogP contribution < -0.4 is 5.32 Å². The Bertz CT molecular complexity index is 694. The van der Waals surface area contributed by atoms with Gasteiger partial charge in [-0.25, -0.2) is 0 Å². The van der Waals surface area contributed by atoms with Gasteiger partial charge in [-0.15, -0.1) is 11.3 Å². The molecular weight excluding hydrogens is 348 g/mol. The van der Waals surface area contributed by atoms with Crippen molar-refractivity contribution in [2.24, 2.45) is 0 Å². The van der Waals surface area contributed by atoms with Crippen molar-refractivity contribution in [1.29, 1.82) is 0 Å². The number of carbonyl (C=O) groups excluding carboxylic acids is 1. The van der Waals surface area contributed by atoms with Crippen molar-refractivity contribution < 1.29 is 9.32 Å². The normalized spacial score (nSPS) is 17.2. The third-order valence-electron chi connectivity index (χ3n) is 4.38. The number of hydrogen-bond donors (Lipinski definition) is 1. The Balaban J connectivity index is 1.56. The van der Waals surface area contributed by atoms with Crippen LogP contribution in [0.25, 0.3) is 0 Å². The number of amides is 1. The lowest BCUT2D eigenvalue weighted by Gasteiger charge is -2.30. The summed E-state index contributed by atoms with van der Waals surface area (Å²) in [4.78, 5) is 19.5.